The van der Waals surface area contributed by atoms with Gasteiger partial charge in [-0.15, -0.1) is 0 Å². The van der Waals surface area contributed by atoms with Crippen molar-refractivity contribution in [1.82, 2.24) is 0 Å². The number of amides is 2. The fourth-order valence-electron chi connectivity index (χ4n) is 4.76. The van der Waals surface area contributed by atoms with Crippen LogP contribution in [0.5, 0.6) is 17.2 Å². The van der Waals surface area contributed by atoms with Crippen molar-refractivity contribution in [3.05, 3.63) is 82.4 Å². The number of hydrogen-bond donors (Lipinski definition) is 1. The van der Waals surface area contributed by atoms with Gasteiger partial charge in [0.2, 0.25) is 5.91 Å². The molecule has 0 radical (unpaired) electrons. The number of carbonyl (C=O) groups excluding carboxylic acids is 2. The maximum Gasteiger partial charge on any atom is 0.271 e. The number of nitro benzene ring substituents is 1. The highest BCUT2D eigenvalue weighted by Crippen LogP contribution is 2.49. The smallest absolute Gasteiger partial charge is 0.271 e. The van der Waals surface area contributed by atoms with Crippen molar-refractivity contribution >= 4 is 28.9 Å². The van der Waals surface area contributed by atoms with Crippen molar-refractivity contribution in [2.24, 2.45) is 5.92 Å². The third kappa shape index (κ3) is 4.26. The lowest BCUT2D eigenvalue weighted by Crippen LogP contribution is -2.37. The number of aromatic hydroxyl groups is 1. The summed E-state index contributed by atoms with van der Waals surface area (Å²) in [5.74, 6) is -1.31. The second-order valence-electron chi connectivity index (χ2n) is 8.88. The Balaban J connectivity index is 1.55. The highest BCUT2D eigenvalue weighted by atomic mass is 16.7. The number of hydrogen-bond acceptors (Lipinski definition) is 9. The number of non-ortho nitro benzene ring substituents is 1. The largest absolute Gasteiger partial charge is 0.504 e. The van der Waals surface area contributed by atoms with Crippen LogP contribution in [0.4, 0.5) is 17.1 Å². The summed E-state index contributed by atoms with van der Waals surface area (Å²) in [6.07, 6.45) is -0.321. The molecule has 38 heavy (non-hydrogen) atoms. The number of hydroxylamine groups is 1. The third-order valence-electron chi connectivity index (χ3n) is 6.52. The quantitative estimate of drug-likeness (QED) is 0.265. The van der Waals surface area contributed by atoms with Crippen LogP contribution in [0.2, 0.25) is 0 Å². The Morgan fingerprint density at radius 2 is 1.79 bits per heavy atom. The first-order valence-corrected chi connectivity index (χ1v) is 12.0. The van der Waals surface area contributed by atoms with Crippen molar-refractivity contribution in [2.45, 2.75) is 25.5 Å². The van der Waals surface area contributed by atoms with E-state index in [1.54, 1.807) is 42.5 Å². The van der Waals surface area contributed by atoms with E-state index in [1.165, 1.54) is 36.4 Å². The van der Waals surface area contributed by atoms with Gasteiger partial charge in [0.25, 0.3) is 11.6 Å². The number of methoxy groups -OCH3 is 1. The van der Waals surface area contributed by atoms with E-state index in [0.717, 1.165) is 11.3 Å². The van der Waals surface area contributed by atoms with Crippen LogP contribution in [-0.2, 0) is 14.4 Å². The lowest BCUT2D eigenvalue weighted by atomic mass is 9.90. The molecule has 2 amide bonds. The zero-order chi connectivity index (χ0) is 27.0. The molecule has 2 saturated heterocycles. The first kappa shape index (κ1) is 25.0. The number of phenols is 1. The predicted molar refractivity (Wildman–Crippen MR) is 136 cm³/mol. The van der Waals surface area contributed by atoms with Crippen LogP contribution in [-0.4, -0.2) is 41.7 Å². The standard InChI is InChI=1S/C27H25N3O8/c1-3-13-37-20-10-8-17(9-11-20)28-26(32)23-24(16-7-12-21(31)22(14-16)36-2)29(38-25(23)27(28)33)18-5-4-6-19(15-18)30(34)35/h4-12,14-15,23-25,31H,3,13H2,1-2H3/t23-,24-,25+/m0/s1. The molecule has 11 heteroatoms. The Bertz CT molecular complexity index is 1390. The van der Waals surface area contributed by atoms with E-state index in [4.69, 9.17) is 14.3 Å². The Labute approximate surface area is 217 Å². The minimum absolute atomic E-state index is 0.102. The Morgan fingerprint density at radius 1 is 1.03 bits per heavy atom. The zero-order valence-electron chi connectivity index (χ0n) is 20.6. The summed E-state index contributed by atoms with van der Waals surface area (Å²) in [6, 6.07) is 16.1. The summed E-state index contributed by atoms with van der Waals surface area (Å²) >= 11 is 0. The van der Waals surface area contributed by atoms with Gasteiger partial charge < -0.3 is 14.6 Å². The van der Waals surface area contributed by atoms with Gasteiger partial charge in [-0.2, -0.15) is 0 Å². The maximum atomic E-state index is 13.8. The van der Waals surface area contributed by atoms with Crippen molar-refractivity contribution in [1.29, 1.82) is 0 Å². The van der Waals surface area contributed by atoms with Gasteiger partial charge in [0, 0.05) is 12.1 Å². The summed E-state index contributed by atoms with van der Waals surface area (Å²) in [4.78, 5) is 45.3. The number of rotatable bonds is 8. The summed E-state index contributed by atoms with van der Waals surface area (Å²) in [5.41, 5.74) is 1.03. The van der Waals surface area contributed by atoms with Crippen LogP contribution in [0.25, 0.3) is 0 Å². The molecule has 3 aromatic rings. The second-order valence-corrected chi connectivity index (χ2v) is 8.88. The van der Waals surface area contributed by atoms with Crippen LogP contribution in [0, 0.1) is 16.0 Å². The Morgan fingerprint density at radius 3 is 2.47 bits per heavy atom. The molecule has 0 unspecified atom stereocenters. The van der Waals surface area contributed by atoms with E-state index in [-0.39, 0.29) is 17.2 Å². The van der Waals surface area contributed by atoms with Crippen molar-refractivity contribution < 1.29 is 33.9 Å². The molecule has 0 saturated carbocycles. The van der Waals surface area contributed by atoms with E-state index < -0.39 is 34.8 Å². The molecule has 2 heterocycles. The van der Waals surface area contributed by atoms with Gasteiger partial charge in [-0.05, 0) is 54.4 Å². The average molecular weight is 520 g/mol. The van der Waals surface area contributed by atoms with E-state index in [9.17, 15) is 24.8 Å². The fourth-order valence-corrected chi connectivity index (χ4v) is 4.76. The van der Waals surface area contributed by atoms with Crippen molar-refractivity contribution in [2.75, 3.05) is 23.7 Å². The molecule has 5 rings (SSSR count). The molecule has 2 aliphatic heterocycles. The Kier molecular flexibility index (Phi) is 6.60. The number of ether oxygens (including phenoxy) is 2. The second kappa shape index (κ2) is 10.0. The molecule has 0 spiro atoms. The number of carbonyl (C=O) groups is 2. The highest BCUT2D eigenvalue weighted by Gasteiger charge is 2.60. The van der Waals surface area contributed by atoms with E-state index in [1.807, 2.05) is 6.92 Å². The van der Waals surface area contributed by atoms with Gasteiger partial charge in [-0.1, -0.05) is 19.1 Å². The molecule has 0 bridgehead atoms. The number of nitro groups is 1. The molecule has 1 N–H and O–H groups in total. The summed E-state index contributed by atoms with van der Waals surface area (Å²) in [5, 5.41) is 22.9. The molecule has 196 valence electrons. The number of fused-ring (bicyclic) bond motifs is 1. The first-order valence-electron chi connectivity index (χ1n) is 12.0. The summed E-state index contributed by atoms with van der Waals surface area (Å²) in [7, 11) is 1.39. The van der Waals surface area contributed by atoms with Gasteiger partial charge in [-0.3, -0.25) is 24.5 Å². The summed E-state index contributed by atoms with van der Waals surface area (Å²) in [6.45, 7) is 2.54. The normalized spacial score (nSPS) is 20.5. The van der Waals surface area contributed by atoms with Gasteiger partial charge in [0.05, 0.1) is 36.1 Å². The van der Waals surface area contributed by atoms with Gasteiger partial charge in [-0.25, -0.2) is 9.96 Å². The minimum Gasteiger partial charge on any atom is -0.504 e. The average Bonchev–Trinajstić information content (AvgIpc) is 3.44. The van der Waals surface area contributed by atoms with E-state index >= 15 is 0 Å². The molecule has 11 nitrogen and oxygen atoms in total. The first-order chi connectivity index (χ1) is 18.3. The molecule has 0 aromatic heterocycles. The lowest BCUT2D eigenvalue weighted by molar-refractivity contribution is -0.384. The molecule has 0 aliphatic carbocycles. The molecular formula is C27H25N3O8. The zero-order valence-corrected chi connectivity index (χ0v) is 20.6. The topological polar surface area (TPSA) is 132 Å². The number of imide groups is 1. The molecule has 3 aromatic carbocycles. The number of benzene rings is 3. The Hall–Kier alpha value is -4.64. The van der Waals surface area contributed by atoms with Gasteiger partial charge >= 0.3 is 0 Å². The molecule has 2 aliphatic rings. The van der Waals surface area contributed by atoms with Gasteiger partial charge in [0.1, 0.15) is 11.7 Å². The van der Waals surface area contributed by atoms with E-state index in [2.05, 4.69) is 0 Å². The number of phenolic OH excluding ortho intramolecular Hbond substituents is 1. The predicted octanol–water partition coefficient (Wildman–Crippen LogP) is 4.15. The van der Waals surface area contributed by atoms with Crippen LogP contribution in [0.3, 0.4) is 0 Å². The van der Waals surface area contributed by atoms with Crippen LogP contribution in [0.1, 0.15) is 24.9 Å². The highest BCUT2D eigenvalue weighted by molar-refractivity contribution is 6.24. The maximum absolute atomic E-state index is 13.8. The summed E-state index contributed by atoms with van der Waals surface area (Å²) < 4.78 is 10.8. The van der Waals surface area contributed by atoms with Crippen LogP contribution in [0.15, 0.2) is 66.7 Å². The van der Waals surface area contributed by atoms with E-state index in [0.29, 0.717) is 29.3 Å². The molecule has 2 fully saturated rings. The number of anilines is 2. The van der Waals surface area contributed by atoms with Crippen LogP contribution < -0.4 is 19.4 Å². The molecular weight excluding hydrogens is 494 g/mol. The monoisotopic (exact) mass is 519 g/mol. The van der Waals surface area contributed by atoms with Crippen molar-refractivity contribution in [3.8, 4) is 17.2 Å². The van der Waals surface area contributed by atoms with Gasteiger partial charge in [0.15, 0.2) is 17.6 Å². The molecule has 3 atom stereocenters. The number of nitrogens with zero attached hydrogens (tertiary/aromatic N) is 3. The van der Waals surface area contributed by atoms with Crippen LogP contribution >= 0.6 is 0 Å². The van der Waals surface area contributed by atoms with Crippen molar-refractivity contribution in [3.63, 3.8) is 0 Å². The minimum atomic E-state index is -1.16. The fraction of sp³-hybridized carbons (Fsp3) is 0.259. The lowest BCUT2D eigenvalue weighted by Gasteiger charge is -2.29. The SMILES string of the molecule is CCCOc1ccc(N2C(=O)[C@@H]3[C@@H](ON(c4cccc([N+](=O)[O-])c4)[C@H]3c3ccc(O)c(OC)c3)C2=O)cc1. The third-order valence-corrected chi connectivity index (χ3v) is 6.52.